The molecule has 2 saturated heterocycles. The topological polar surface area (TPSA) is 48.1 Å². The summed E-state index contributed by atoms with van der Waals surface area (Å²) in [6.45, 7) is 11.0. The average Bonchev–Trinajstić information content (AvgIpc) is 3.28. The number of rotatable bonds is 2. The Hall–Kier alpha value is -1.13. The summed E-state index contributed by atoms with van der Waals surface area (Å²) in [4.78, 5) is 11.7. The van der Waals surface area contributed by atoms with Crippen LogP contribution in [0.15, 0.2) is 23.3 Å². The molecule has 5 atom stereocenters. The van der Waals surface area contributed by atoms with Crippen LogP contribution in [0.1, 0.15) is 73.1 Å². The molecular formula is C22H34O4. The van der Waals surface area contributed by atoms with Crippen LogP contribution >= 0.6 is 0 Å². The Balaban J connectivity index is 1.91. The van der Waals surface area contributed by atoms with Gasteiger partial charge in [0.2, 0.25) is 0 Å². The summed E-state index contributed by atoms with van der Waals surface area (Å²) in [5.41, 5.74) is 2.21. The fraction of sp³-hybridized carbons (Fsp3) is 0.773. The summed E-state index contributed by atoms with van der Waals surface area (Å²) in [5, 5.41) is 0. The second-order valence-electron chi connectivity index (χ2n) is 8.88. The zero-order chi connectivity index (χ0) is 18.9. The smallest absolute Gasteiger partial charge is 0.303 e. The van der Waals surface area contributed by atoms with Gasteiger partial charge in [0.1, 0.15) is 11.7 Å². The molecule has 3 aliphatic rings. The van der Waals surface area contributed by atoms with Gasteiger partial charge in [0.05, 0.1) is 18.3 Å². The monoisotopic (exact) mass is 362 g/mol. The van der Waals surface area contributed by atoms with Crippen molar-refractivity contribution in [2.45, 2.75) is 96.6 Å². The molecule has 4 nitrogen and oxygen atoms in total. The third-order valence-electron chi connectivity index (χ3n) is 6.41. The average molecular weight is 363 g/mol. The van der Waals surface area contributed by atoms with Gasteiger partial charge < -0.3 is 14.2 Å². The molecule has 0 saturated carbocycles. The molecule has 0 aromatic carbocycles. The highest BCUT2D eigenvalue weighted by Crippen LogP contribution is 2.48. The van der Waals surface area contributed by atoms with Gasteiger partial charge in [-0.15, -0.1) is 0 Å². The third-order valence-corrected chi connectivity index (χ3v) is 6.41. The van der Waals surface area contributed by atoms with Crippen molar-refractivity contribution in [2.75, 3.05) is 6.61 Å². The van der Waals surface area contributed by atoms with E-state index < -0.39 is 5.60 Å². The standard InChI is InChI=1S/C22H34O4/c1-15-7-6-8-16(2)13-19-18(22(5)14-24-22)11-12-21(4,26-19)20(10-9-15)25-17(3)23/h7,13,18-20H,6,8-12,14H2,1-5H3/b15-7-,16-13-/t18-,19+,20-,21+,22+/m0/s1. The molecule has 0 amide bonds. The minimum Gasteiger partial charge on any atom is -0.459 e. The first-order chi connectivity index (χ1) is 12.2. The molecule has 0 spiro atoms. The van der Waals surface area contributed by atoms with Crippen molar-refractivity contribution < 1.29 is 19.0 Å². The molecule has 0 aromatic rings. The zero-order valence-corrected chi connectivity index (χ0v) is 17.0. The highest BCUT2D eigenvalue weighted by atomic mass is 16.6. The van der Waals surface area contributed by atoms with Crippen LogP contribution in [-0.4, -0.2) is 36.0 Å². The first-order valence-corrected chi connectivity index (χ1v) is 10.0. The summed E-state index contributed by atoms with van der Waals surface area (Å²) in [6, 6.07) is 0. The molecule has 3 rings (SSSR count). The van der Waals surface area contributed by atoms with E-state index in [9.17, 15) is 4.79 Å². The molecule has 0 aromatic heterocycles. The Morgan fingerprint density at radius 1 is 1.15 bits per heavy atom. The molecule has 146 valence electrons. The largest absolute Gasteiger partial charge is 0.459 e. The predicted molar refractivity (Wildman–Crippen MR) is 102 cm³/mol. The second-order valence-corrected chi connectivity index (χ2v) is 8.88. The van der Waals surface area contributed by atoms with Crippen LogP contribution in [0.3, 0.4) is 0 Å². The van der Waals surface area contributed by atoms with Crippen LogP contribution in [0.5, 0.6) is 0 Å². The van der Waals surface area contributed by atoms with Gasteiger partial charge in [-0.2, -0.15) is 0 Å². The van der Waals surface area contributed by atoms with E-state index in [2.05, 4.69) is 39.8 Å². The van der Waals surface area contributed by atoms with Gasteiger partial charge in [0.15, 0.2) is 0 Å². The Morgan fingerprint density at radius 3 is 2.54 bits per heavy atom. The Kier molecular flexibility index (Phi) is 5.64. The van der Waals surface area contributed by atoms with E-state index in [-0.39, 0.29) is 23.8 Å². The maximum absolute atomic E-state index is 11.7. The number of epoxide rings is 1. The van der Waals surface area contributed by atoms with Crippen LogP contribution in [0.2, 0.25) is 0 Å². The lowest BCUT2D eigenvalue weighted by Crippen LogP contribution is -2.53. The van der Waals surface area contributed by atoms with Gasteiger partial charge in [-0.1, -0.05) is 23.3 Å². The molecule has 2 bridgehead atoms. The minimum atomic E-state index is -0.450. The quantitative estimate of drug-likeness (QED) is 0.405. The van der Waals surface area contributed by atoms with Crippen molar-refractivity contribution in [3.05, 3.63) is 23.3 Å². The van der Waals surface area contributed by atoms with E-state index in [1.165, 1.54) is 18.1 Å². The molecule has 0 aliphatic carbocycles. The lowest BCUT2D eigenvalue weighted by molar-refractivity contribution is -0.202. The van der Waals surface area contributed by atoms with Crippen LogP contribution in [0, 0.1) is 5.92 Å². The number of carbonyl (C=O) groups is 1. The van der Waals surface area contributed by atoms with E-state index in [0.717, 1.165) is 45.1 Å². The van der Waals surface area contributed by atoms with Gasteiger partial charge in [0.25, 0.3) is 0 Å². The van der Waals surface area contributed by atoms with Crippen molar-refractivity contribution in [1.82, 2.24) is 0 Å². The molecular weight excluding hydrogens is 328 g/mol. The predicted octanol–water partition coefficient (Wildman–Crippen LogP) is 4.73. The normalized spacial score (nSPS) is 45.2. The van der Waals surface area contributed by atoms with Crippen LogP contribution in [0.25, 0.3) is 0 Å². The first kappa shape index (κ1) is 19.6. The molecule has 2 fully saturated rings. The lowest BCUT2D eigenvalue weighted by Gasteiger charge is -2.47. The number of carbonyl (C=O) groups excluding carboxylic acids is 1. The SMILES string of the molecule is CC(=O)O[C@H]1CC/C(C)=C\CC/C(C)=C\[C@H]2O[C@]1(C)CC[C@@H]2[C@@]1(C)CO1. The molecule has 3 aliphatic heterocycles. The first-order valence-electron chi connectivity index (χ1n) is 10.0. The van der Waals surface area contributed by atoms with E-state index in [1.807, 2.05) is 0 Å². The van der Waals surface area contributed by atoms with Crippen LogP contribution in [-0.2, 0) is 19.0 Å². The van der Waals surface area contributed by atoms with Crippen molar-refractivity contribution >= 4 is 5.97 Å². The maximum atomic E-state index is 11.7. The molecule has 4 heteroatoms. The third kappa shape index (κ3) is 4.40. The van der Waals surface area contributed by atoms with Gasteiger partial charge in [-0.25, -0.2) is 0 Å². The summed E-state index contributed by atoms with van der Waals surface area (Å²) in [7, 11) is 0. The Bertz CT molecular complexity index is 601. The number of allylic oxidation sites excluding steroid dienone is 3. The molecule has 0 N–H and O–H groups in total. The highest BCUT2D eigenvalue weighted by molar-refractivity contribution is 5.66. The maximum Gasteiger partial charge on any atom is 0.303 e. The molecule has 0 unspecified atom stereocenters. The number of fused-ring (bicyclic) bond motifs is 2. The second kappa shape index (κ2) is 7.47. The van der Waals surface area contributed by atoms with Crippen LogP contribution < -0.4 is 0 Å². The van der Waals surface area contributed by atoms with Gasteiger partial charge in [-0.05, 0) is 66.2 Å². The number of esters is 1. The number of hydrogen-bond donors (Lipinski definition) is 0. The van der Waals surface area contributed by atoms with E-state index in [4.69, 9.17) is 14.2 Å². The van der Waals surface area contributed by atoms with Crippen molar-refractivity contribution in [2.24, 2.45) is 5.92 Å². The fourth-order valence-electron chi connectivity index (χ4n) is 4.49. The highest BCUT2D eigenvalue weighted by Gasteiger charge is 2.55. The van der Waals surface area contributed by atoms with Gasteiger partial charge in [-0.3, -0.25) is 4.79 Å². The van der Waals surface area contributed by atoms with E-state index in [0.29, 0.717) is 5.92 Å². The molecule has 3 heterocycles. The van der Waals surface area contributed by atoms with E-state index >= 15 is 0 Å². The van der Waals surface area contributed by atoms with Crippen molar-refractivity contribution in [3.8, 4) is 0 Å². The van der Waals surface area contributed by atoms with Crippen molar-refractivity contribution in [1.29, 1.82) is 0 Å². The fourth-order valence-corrected chi connectivity index (χ4v) is 4.49. The summed E-state index contributed by atoms with van der Waals surface area (Å²) in [5.74, 6) is 0.139. The molecule has 0 radical (unpaired) electrons. The van der Waals surface area contributed by atoms with Crippen molar-refractivity contribution in [3.63, 3.8) is 0 Å². The Labute approximate surface area is 158 Å². The summed E-state index contributed by atoms with van der Waals surface area (Å²) in [6.07, 6.45) is 10.2. The summed E-state index contributed by atoms with van der Waals surface area (Å²) < 4.78 is 18.2. The van der Waals surface area contributed by atoms with Gasteiger partial charge >= 0.3 is 5.97 Å². The Morgan fingerprint density at radius 2 is 1.88 bits per heavy atom. The van der Waals surface area contributed by atoms with Crippen LogP contribution in [0.4, 0.5) is 0 Å². The van der Waals surface area contributed by atoms with Gasteiger partial charge in [0, 0.05) is 12.8 Å². The minimum absolute atomic E-state index is 0.0174. The zero-order valence-electron chi connectivity index (χ0n) is 17.0. The number of ether oxygens (including phenoxy) is 3. The number of hydrogen-bond acceptors (Lipinski definition) is 4. The molecule has 26 heavy (non-hydrogen) atoms. The summed E-state index contributed by atoms with van der Waals surface area (Å²) >= 11 is 0. The lowest BCUT2D eigenvalue weighted by atomic mass is 9.76. The van der Waals surface area contributed by atoms with E-state index in [1.54, 1.807) is 0 Å².